The second kappa shape index (κ2) is 10.6. The standard InChI is InChI=1S/C25H31NO6/c1-29-25(28)21(14-18-8-4-2-5-9-18)26-16-20(15-23(26)27)32-24(19-10-6-3-7-11-19)22-17-30-12-13-31-22/h3,6,10,12-13,15,17-18,21,24H,2,4-5,7-9,11,14,16H2,1H3/t21-,24?/m0/s1. The third-order valence-corrected chi connectivity index (χ3v) is 6.46. The van der Waals surface area contributed by atoms with Gasteiger partial charge in [-0.1, -0.05) is 50.3 Å². The van der Waals surface area contributed by atoms with Crippen LogP contribution in [0.25, 0.3) is 0 Å². The van der Waals surface area contributed by atoms with Gasteiger partial charge in [-0.2, -0.15) is 0 Å². The molecule has 0 saturated heterocycles. The number of rotatable bonds is 8. The minimum absolute atomic E-state index is 0.225. The van der Waals surface area contributed by atoms with E-state index in [1.165, 1.54) is 51.2 Å². The highest BCUT2D eigenvalue weighted by Gasteiger charge is 2.38. The van der Waals surface area contributed by atoms with Crippen molar-refractivity contribution in [3.05, 3.63) is 60.2 Å². The van der Waals surface area contributed by atoms with Crippen molar-refractivity contribution in [2.45, 2.75) is 63.5 Å². The summed E-state index contributed by atoms with van der Waals surface area (Å²) in [6, 6.07) is -0.598. The predicted molar refractivity (Wildman–Crippen MR) is 118 cm³/mol. The van der Waals surface area contributed by atoms with Gasteiger partial charge in [0.25, 0.3) is 5.91 Å². The number of nitrogens with zero attached hydrogens (tertiary/aromatic N) is 1. The Bertz CT molecular complexity index is 862. The highest BCUT2D eigenvalue weighted by Crippen LogP contribution is 2.32. The fourth-order valence-electron chi connectivity index (χ4n) is 4.78. The van der Waals surface area contributed by atoms with Crippen LogP contribution in [0.1, 0.15) is 51.4 Å². The van der Waals surface area contributed by atoms with Crippen molar-refractivity contribution in [3.8, 4) is 0 Å². The van der Waals surface area contributed by atoms with E-state index in [-0.39, 0.29) is 18.4 Å². The molecule has 0 aromatic carbocycles. The van der Waals surface area contributed by atoms with Crippen molar-refractivity contribution in [2.75, 3.05) is 13.7 Å². The Kier molecular flexibility index (Phi) is 7.35. The largest absolute Gasteiger partial charge is 0.480 e. The van der Waals surface area contributed by atoms with E-state index >= 15 is 0 Å². The molecule has 4 aliphatic rings. The van der Waals surface area contributed by atoms with E-state index in [2.05, 4.69) is 6.08 Å². The van der Waals surface area contributed by atoms with Crippen molar-refractivity contribution in [2.24, 2.45) is 5.92 Å². The molecule has 7 nitrogen and oxygen atoms in total. The molecule has 0 aromatic heterocycles. The van der Waals surface area contributed by atoms with Crippen molar-refractivity contribution >= 4 is 11.9 Å². The van der Waals surface area contributed by atoms with Crippen LogP contribution in [0.5, 0.6) is 0 Å². The Morgan fingerprint density at radius 3 is 2.78 bits per heavy atom. The number of hydrogen-bond acceptors (Lipinski definition) is 6. The van der Waals surface area contributed by atoms with Crippen molar-refractivity contribution in [1.29, 1.82) is 0 Å². The van der Waals surface area contributed by atoms with E-state index in [0.29, 0.717) is 23.9 Å². The molecule has 4 rings (SSSR count). The van der Waals surface area contributed by atoms with E-state index in [9.17, 15) is 9.59 Å². The zero-order valence-electron chi connectivity index (χ0n) is 18.5. The van der Waals surface area contributed by atoms with Gasteiger partial charge >= 0.3 is 5.97 Å². The highest BCUT2D eigenvalue weighted by atomic mass is 16.6. The number of methoxy groups -OCH3 is 1. The van der Waals surface area contributed by atoms with Gasteiger partial charge in [0.2, 0.25) is 0 Å². The summed E-state index contributed by atoms with van der Waals surface area (Å²) in [6.07, 6.45) is 19.6. The molecule has 1 unspecified atom stereocenters. The van der Waals surface area contributed by atoms with Gasteiger partial charge in [0.15, 0.2) is 11.9 Å². The third kappa shape index (κ3) is 5.26. The Balaban J connectivity index is 1.48. The molecule has 7 heteroatoms. The molecule has 0 N–H and O–H groups in total. The van der Waals surface area contributed by atoms with Crippen molar-refractivity contribution in [1.82, 2.24) is 4.90 Å². The molecule has 1 saturated carbocycles. The molecule has 0 radical (unpaired) electrons. The maximum absolute atomic E-state index is 12.9. The number of ether oxygens (including phenoxy) is 4. The zero-order chi connectivity index (χ0) is 22.3. The first-order chi connectivity index (χ1) is 15.7. The lowest BCUT2D eigenvalue weighted by Crippen LogP contribution is -2.44. The molecular formula is C25H31NO6. The fourth-order valence-corrected chi connectivity index (χ4v) is 4.78. The summed E-state index contributed by atoms with van der Waals surface area (Å²) in [7, 11) is 1.38. The maximum Gasteiger partial charge on any atom is 0.328 e. The summed E-state index contributed by atoms with van der Waals surface area (Å²) in [6.45, 7) is 0.231. The molecule has 2 aliphatic carbocycles. The smallest absolute Gasteiger partial charge is 0.328 e. The molecule has 2 aliphatic heterocycles. The Hall–Kier alpha value is -2.96. The van der Waals surface area contributed by atoms with Crippen molar-refractivity contribution in [3.63, 3.8) is 0 Å². The van der Waals surface area contributed by atoms with Gasteiger partial charge in [-0.05, 0) is 30.8 Å². The minimum atomic E-state index is -0.598. The second-order valence-corrected chi connectivity index (χ2v) is 8.61. The molecule has 1 amide bonds. The first kappa shape index (κ1) is 22.2. The average Bonchev–Trinajstić information content (AvgIpc) is 3.22. The van der Waals surface area contributed by atoms with Crippen LogP contribution < -0.4 is 0 Å². The molecule has 172 valence electrons. The summed E-state index contributed by atoms with van der Waals surface area (Å²) in [5, 5.41) is 0. The number of hydrogen-bond donors (Lipinski definition) is 0. The van der Waals surface area contributed by atoms with Gasteiger partial charge in [-0.3, -0.25) is 4.79 Å². The van der Waals surface area contributed by atoms with Crippen LogP contribution in [0.4, 0.5) is 0 Å². The summed E-state index contributed by atoms with van der Waals surface area (Å²) in [5.41, 5.74) is 1.04. The van der Waals surface area contributed by atoms with Gasteiger partial charge in [-0.15, -0.1) is 0 Å². The number of allylic oxidation sites excluding steroid dienone is 3. The van der Waals surface area contributed by atoms with E-state index in [0.717, 1.165) is 31.3 Å². The van der Waals surface area contributed by atoms with Gasteiger partial charge < -0.3 is 23.8 Å². The van der Waals surface area contributed by atoms with E-state index < -0.39 is 12.1 Å². The fraction of sp³-hybridized carbons (Fsp3) is 0.520. The average molecular weight is 442 g/mol. The highest BCUT2D eigenvalue weighted by molar-refractivity contribution is 5.94. The molecule has 2 atom stereocenters. The van der Waals surface area contributed by atoms with Crippen LogP contribution in [0.2, 0.25) is 0 Å². The quantitative estimate of drug-likeness (QED) is 0.525. The maximum atomic E-state index is 12.9. The lowest BCUT2D eigenvalue weighted by atomic mass is 9.84. The van der Waals surface area contributed by atoms with E-state index in [1.54, 1.807) is 4.90 Å². The normalized spacial score (nSPS) is 22.8. The first-order valence-electron chi connectivity index (χ1n) is 11.4. The predicted octanol–water partition coefficient (Wildman–Crippen LogP) is 4.25. The molecule has 1 fully saturated rings. The Morgan fingerprint density at radius 2 is 2.09 bits per heavy atom. The molecule has 0 bridgehead atoms. The lowest BCUT2D eigenvalue weighted by Gasteiger charge is -2.31. The molecular weight excluding hydrogens is 410 g/mol. The van der Waals surface area contributed by atoms with Gasteiger partial charge in [0, 0.05) is 6.08 Å². The Morgan fingerprint density at radius 1 is 1.25 bits per heavy atom. The Labute approximate surface area is 189 Å². The zero-order valence-corrected chi connectivity index (χ0v) is 18.5. The topological polar surface area (TPSA) is 74.3 Å². The van der Waals surface area contributed by atoms with Gasteiger partial charge in [-0.25, -0.2) is 4.79 Å². The third-order valence-electron chi connectivity index (χ3n) is 6.46. The van der Waals surface area contributed by atoms with Gasteiger partial charge in [0.1, 0.15) is 30.6 Å². The van der Waals surface area contributed by atoms with Crippen LogP contribution in [0.3, 0.4) is 0 Å². The summed E-state index contributed by atoms with van der Waals surface area (Å²) in [4.78, 5) is 27.0. The summed E-state index contributed by atoms with van der Waals surface area (Å²) >= 11 is 0. The number of carbonyl (C=O) groups is 2. The number of esters is 1. The first-order valence-corrected chi connectivity index (χ1v) is 11.4. The van der Waals surface area contributed by atoms with Gasteiger partial charge in [0.05, 0.1) is 13.7 Å². The molecule has 0 aromatic rings. The minimum Gasteiger partial charge on any atom is -0.480 e. The lowest BCUT2D eigenvalue weighted by molar-refractivity contribution is -0.151. The van der Waals surface area contributed by atoms with Crippen LogP contribution in [0, 0.1) is 5.92 Å². The summed E-state index contributed by atoms with van der Waals surface area (Å²) < 4.78 is 22.2. The SMILES string of the molecule is COC(=O)[C@H](CC1CCCCC1)N1CC(OC(C2=CC=CCC2)C2=COC=CO2)=CC1=O. The van der Waals surface area contributed by atoms with Crippen molar-refractivity contribution < 1.29 is 28.5 Å². The second-order valence-electron chi connectivity index (χ2n) is 8.61. The van der Waals surface area contributed by atoms with Crippen LogP contribution in [0.15, 0.2) is 60.2 Å². The van der Waals surface area contributed by atoms with E-state index in [1.807, 2.05) is 12.2 Å². The van der Waals surface area contributed by atoms with Crippen LogP contribution >= 0.6 is 0 Å². The summed E-state index contributed by atoms with van der Waals surface area (Å²) in [5.74, 6) is 0.867. The number of carbonyl (C=O) groups excluding carboxylic acids is 2. The monoisotopic (exact) mass is 441 g/mol. The van der Waals surface area contributed by atoms with Crippen LogP contribution in [-0.4, -0.2) is 42.6 Å². The molecule has 0 spiro atoms. The molecule has 32 heavy (non-hydrogen) atoms. The van der Waals surface area contributed by atoms with E-state index in [4.69, 9.17) is 18.9 Å². The van der Waals surface area contributed by atoms with Crippen LogP contribution in [-0.2, 0) is 28.5 Å². The molecule has 2 heterocycles. The number of amides is 1.